The summed E-state index contributed by atoms with van der Waals surface area (Å²) in [4.78, 5) is 16.0. The molecular formula is C19H28N6O. The third-order valence-corrected chi connectivity index (χ3v) is 4.33. The summed E-state index contributed by atoms with van der Waals surface area (Å²) in [6.07, 6.45) is 0. The van der Waals surface area contributed by atoms with Gasteiger partial charge in [0.2, 0.25) is 0 Å². The number of aromatic nitrogens is 2. The molecule has 0 saturated carbocycles. The minimum absolute atomic E-state index is 0.0494. The molecule has 0 aliphatic heterocycles. The van der Waals surface area contributed by atoms with Crippen LogP contribution in [0.2, 0.25) is 0 Å². The fourth-order valence-electron chi connectivity index (χ4n) is 2.69. The summed E-state index contributed by atoms with van der Waals surface area (Å²) >= 11 is 0. The smallest absolute Gasteiger partial charge is 0.251 e. The molecule has 2 aromatic rings. The van der Waals surface area contributed by atoms with Gasteiger partial charge in [-0.25, -0.2) is 0 Å². The number of hydrogen-bond donors (Lipinski definition) is 3. The lowest BCUT2D eigenvalue weighted by Gasteiger charge is -2.12. The molecule has 1 heterocycles. The quantitative estimate of drug-likeness (QED) is 0.543. The molecule has 0 unspecified atom stereocenters. The Morgan fingerprint density at radius 3 is 2.31 bits per heavy atom. The molecule has 140 valence electrons. The highest BCUT2D eigenvalue weighted by Gasteiger charge is 2.10. The number of rotatable bonds is 6. The van der Waals surface area contributed by atoms with E-state index in [0.717, 1.165) is 22.9 Å². The zero-order chi connectivity index (χ0) is 19.1. The minimum atomic E-state index is -0.0494. The first kappa shape index (κ1) is 19.5. The highest BCUT2D eigenvalue weighted by atomic mass is 16.1. The van der Waals surface area contributed by atoms with Crippen LogP contribution in [0.3, 0.4) is 0 Å². The van der Waals surface area contributed by atoms with Crippen LogP contribution in [-0.2, 0) is 20.1 Å². The lowest BCUT2D eigenvalue weighted by atomic mass is 10.1. The van der Waals surface area contributed by atoms with Crippen LogP contribution < -0.4 is 16.0 Å². The Kier molecular flexibility index (Phi) is 6.77. The first-order valence-corrected chi connectivity index (χ1v) is 8.77. The molecule has 1 aromatic carbocycles. The molecule has 26 heavy (non-hydrogen) atoms. The summed E-state index contributed by atoms with van der Waals surface area (Å²) in [7, 11) is 3.69. The lowest BCUT2D eigenvalue weighted by molar-refractivity contribution is 0.0956. The van der Waals surface area contributed by atoms with Crippen molar-refractivity contribution in [2.75, 3.05) is 13.6 Å². The number of carbonyl (C=O) groups is 1. The van der Waals surface area contributed by atoms with Crippen LogP contribution in [0.1, 0.15) is 39.8 Å². The number of benzene rings is 1. The molecule has 7 heteroatoms. The molecule has 0 atom stereocenters. The Morgan fingerprint density at radius 2 is 1.77 bits per heavy atom. The average Bonchev–Trinajstić information content (AvgIpc) is 2.88. The van der Waals surface area contributed by atoms with Crippen molar-refractivity contribution >= 4 is 11.9 Å². The van der Waals surface area contributed by atoms with Crippen LogP contribution in [0.15, 0.2) is 29.3 Å². The van der Waals surface area contributed by atoms with Gasteiger partial charge >= 0.3 is 0 Å². The molecule has 0 spiro atoms. The van der Waals surface area contributed by atoms with Crippen LogP contribution in [0, 0.1) is 13.8 Å². The second-order valence-electron chi connectivity index (χ2n) is 6.11. The topological polar surface area (TPSA) is 83.3 Å². The van der Waals surface area contributed by atoms with Crippen molar-refractivity contribution in [2.45, 2.75) is 33.9 Å². The Morgan fingerprint density at radius 1 is 1.12 bits per heavy atom. The van der Waals surface area contributed by atoms with E-state index in [1.807, 2.05) is 49.8 Å². The molecule has 1 amide bonds. The zero-order valence-electron chi connectivity index (χ0n) is 16.2. The number of aryl methyl sites for hydroxylation is 2. The van der Waals surface area contributed by atoms with Crippen LogP contribution in [0.5, 0.6) is 0 Å². The van der Waals surface area contributed by atoms with Crippen molar-refractivity contribution in [1.82, 2.24) is 25.7 Å². The van der Waals surface area contributed by atoms with Gasteiger partial charge in [-0.05, 0) is 38.5 Å². The van der Waals surface area contributed by atoms with E-state index in [-0.39, 0.29) is 5.91 Å². The number of nitrogens with one attached hydrogen (secondary N) is 3. The predicted molar refractivity (Wildman–Crippen MR) is 104 cm³/mol. The van der Waals surface area contributed by atoms with Gasteiger partial charge in [0.05, 0.1) is 5.69 Å². The van der Waals surface area contributed by atoms with Crippen LogP contribution in [-0.4, -0.2) is 35.2 Å². The number of amides is 1. The maximum atomic E-state index is 11.8. The number of carbonyl (C=O) groups excluding carboxylic acids is 1. The van der Waals surface area contributed by atoms with E-state index in [4.69, 9.17) is 0 Å². The third-order valence-electron chi connectivity index (χ3n) is 4.33. The van der Waals surface area contributed by atoms with Crippen molar-refractivity contribution in [1.29, 1.82) is 0 Å². The molecule has 0 fully saturated rings. The fraction of sp³-hybridized carbons (Fsp3) is 0.421. The van der Waals surface area contributed by atoms with E-state index in [1.165, 1.54) is 5.56 Å². The predicted octanol–water partition coefficient (Wildman–Crippen LogP) is 1.65. The number of hydrogen-bond acceptors (Lipinski definition) is 3. The summed E-state index contributed by atoms with van der Waals surface area (Å²) in [5.74, 6) is 0.673. The van der Waals surface area contributed by atoms with Gasteiger partial charge in [0.15, 0.2) is 5.96 Å². The Hall–Kier alpha value is -2.83. The van der Waals surface area contributed by atoms with Crippen molar-refractivity contribution in [2.24, 2.45) is 12.0 Å². The number of nitrogens with zero attached hydrogens (tertiary/aromatic N) is 3. The van der Waals surface area contributed by atoms with E-state index >= 15 is 0 Å². The summed E-state index contributed by atoms with van der Waals surface area (Å²) in [5.41, 5.74) is 5.09. The monoisotopic (exact) mass is 356 g/mol. The summed E-state index contributed by atoms with van der Waals surface area (Å²) in [5, 5.41) is 13.8. The van der Waals surface area contributed by atoms with Crippen molar-refractivity contribution in [3.63, 3.8) is 0 Å². The van der Waals surface area contributed by atoms with Gasteiger partial charge in [-0.1, -0.05) is 12.1 Å². The maximum absolute atomic E-state index is 11.8. The minimum Gasteiger partial charge on any atom is -0.352 e. The van der Waals surface area contributed by atoms with Crippen LogP contribution >= 0.6 is 0 Å². The maximum Gasteiger partial charge on any atom is 0.251 e. The second-order valence-corrected chi connectivity index (χ2v) is 6.11. The Balaban J connectivity index is 1.89. The SMILES string of the molecule is CCNC(=O)c1ccc(CNC(=NC)NCc2c(C)nn(C)c2C)cc1. The summed E-state index contributed by atoms with van der Waals surface area (Å²) in [6, 6.07) is 7.56. The van der Waals surface area contributed by atoms with Crippen molar-refractivity contribution < 1.29 is 4.79 Å². The van der Waals surface area contributed by atoms with Crippen molar-refractivity contribution in [3.05, 3.63) is 52.3 Å². The molecule has 0 bridgehead atoms. The summed E-state index contributed by atoms with van der Waals surface area (Å²) < 4.78 is 1.89. The standard InChI is InChI=1S/C19H28N6O/c1-6-21-18(26)16-9-7-15(8-10-16)11-22-19(20-4)23-12-17-13(2)24-25(5)14(17)3/h7-10H,6,11-12H2,1-5H3,(H,21,26)(H2,20,22,23). The molecule has 1 aromatic heterocycles. The number of aliphatic imine (C=N–C) groups is 1. The molecule has 2 rings (SSSR count). The lowest BCUT2D eigenvalue weighted by Crippen LogP contribution is -2.36. The van der Waals surface area contributed by atoms with E-state index in [2.05, 4.69) is 33.0 Å². The number of guanidine groups is 1. The third kappa shape index (κ3) is 4.84. The average molecular weight is 356 g/mol. The van der Waals surface area contributed by atoms with E-state index in [9.17, 15) is 4.79 Å². The highest BCUT2D eigenvalue weighted by Crippen LogP contribution is 2.11. The molecule has 0 aliphatic rings. The van der Waals surface area contributed by atoms with Gasteiger partial charge in [-0.3, -0.25) is 14.5 Å². The van der Waals surface area contributed by atoms with Crippen LogP contribution in [0.25, 0.3) is 0 Å². The van der Waals surface area contributed by atoms with Gasteiger partial charge in [0, 0.05) is 50.6 Å². The van der Waals surface area contributed by atoms with E-state index < -0.39 is 0 Å². The molecule has 0 aliphatic carbocycles. The van der Waals surface area contributed by atoms with E-state index in [1.54, 1.807) is 7.05 Å². The highest BCUT2D eigenvalue weighted by molar-refractivity contribution is 5.94. The fourth-order valence-corrected chi connectivity index (χ4v) is 2.69. The zero-order valence-corrected chi connectivity index (χ0v) is 16.2. The van der Waals surface area contributed by atoms with Crippen LogP contribution in [0.4, 0.5) is 0 Å². The second kappa shape index (κ2) is 9.03. The van der Waals surface area contributed by atoms with Gasteiger partial charge in [0.25, 0.3) is 5.91 Å². The normalized spacial score (nSPS) is 11.3. The first-order valence-electron chi connectivity index (χ1n) is 8.77. The van der Waals surface area contributed by atoms with E-state index in [0.29, 0.717) is 25.2 Å². The molecule has 0 radical (unpaired) electrons. The van der Waals surface area contributed by atoms with Gasteiger partial charge in [0.1, 0.15) is 0 Å². The summed E-state index contributed by atoms with van der Waals surface area (Å²) in [6.45, 7) is 7.89. The molecule has 0 saturated heterocycles. The Bertz CT molecular complexity index is 776. The van der Waals surface area contributed by atoms with Gasteiger partial charge in [-0.2, -0.15) is 5.10 Å². The van der Waals surface area contributed by atoms with Crippen molar-refractivity contribution in [3.8, 4) is 0 Å². The Labute approximate surface area is 154 Å². The van der Waals surface area contributed by atoms with Gasteiger partial charge < -0.3 is 16.0 Å². The first-order chi connectivity index (χ1) is 12.5. The largest absolute Gasteiger partial charge is 0.352 e. The molecule has 7 nitrogen and oxygen atoms in total. The molecule has 3 N–H and O–H groups in total. The molecular weight excluding hydrogens is 328 g/mol. The van der Waals surface area contributed by atoms with Gasteiger partial charge in [-0.15, -0.1) is 0 Å².